The van der Waals surface area contributed by atoms with Gasteiger partial charge in [-0.25, -0.2) is 4.39 Å². The molecule has 1 fully saturated rings. The summed E-state index contributed by atoms with van der Waals surface area (Å²) in [5.74, 6) is 0.561. The first kappa shape index (κ1) is 18.6. The first-order valence-electron chi connectivity index (χ1n) is 8.77. The van der Waals surface area contributed by atoms with Crippen molar-refractivity contribution in [2.75, 3.05) is 36.2 Å². The molecule has 2 aromatic carbocycles. The highest BCUT2D eigenvalue weighted by Gasteiger charge is 2.16. The van der Waals surface area contributed by atoms with E-state index in [2.05, 4.69) is 10.2 Å². The molecule has 0 saturated carbocycles. The number of halogens is 1. The molecule has 0 aliphatic carbocycles. The van der Waals surface area contributed by atoms with Crippen LogP contribution in [0.25, 0.3) is 0 Å². The second-order valence-electron chi connectivity index (χ2n) is 6.22. The van der Waals surface area contributed by atoms with Gasteiger partial charge in [-0.2, -0.15) is 0 Å². The number of methoxy groups -OCH3 is 1. The fourth-order valence-electron chi connectivity index (χ4n) is 3.03. The fraction of sp³-hybridized carbons (Fsp3) is 0.350. The average molecular weight is 374 g/mol. The lowest BCUT2D eigenvalue weighted by atomic mass is 10.1. The molecule has 0 radical (unpaired) electrons. The summed E-state index contributed by atoms with van der Waals surface area (Å²) in [6, 6.07) is 12.2. The summed E-state index contributed by atoms with van der Waals surface area (Å²) >= 11 is 1.44. The molecule has 1 aliphatic rings. The summed E-state index contributed by atoms with van der Waals surface area (Å²) in [6.45, 7) is 1.88. The van der Waals surface area contributed by atoms with Gasteiger partial charge in [0.05, 0.1) is 24.2 Å². The van der Waals surface area contributed by atoms with E-state index < -0.39 is 0 Å². The first-order chi connectivity index (χ1) is 12.7. The van der Waals surface area contributed by atoms with Gasteiger partial charge in [0.25, 0.3) is 0 Å². The van der Waals surface area contributed by atoms with Crippen molar-refractivity contribution in [3.05, 3.63) is 48.3 Å². The monoisotopic (exact) mass is 374 g/mol. The number of thioether (sulfide) groups is 1. The van der Waals surface area contributed by atoms with Crippen molar-refractivity contribution in [2.24, 2.45) is 0 Å². The summed E-state index contributed by atoms with van der Waals surface area (Å²) in [4.78, 5) is 15.6. The van der Waals surface area contributed by atoms with E-state index in [0.717, 1.165) is 42.3 Å². The largest absolute Gasteiger partial charge is 0.497 e. The van der Waals surface area contributed by atoms with Gasteiger partial charge in [-0.15, -0.1) is 11.8 Å². The van der Waals surface area contributed by atoms with Crippen molar-refractivity contribution in [1.29, 1.82) is 0 Å². The molecule has 4 nitrogen and oxygen atoms in total. The molecule has 26 heavy (non-hydrogen) atoms. The van der Waals surface area contributed by atoms with Crippen LogP contribution in [0.1, 0.15) is 19.3 Å². The van der Waals surface area contributed by atoms with Crippen LogP contribution >= 0.6 is 11.8 Å². The highest BCUT2D eigenvalue weighted by Crippen LogP contribution is 2.30. The van der Waals surface area contributed by atoms with Crippen LogP contribution in [0.4, 0.5) is 15.8 Å². The molecule has 0 bridgehead atoms. The Balaban J connectivity index is 1.63. The Morgan fingerprint density at radius 3 is 2.58 bits per heavy atom. The first-order valence-corrected chi connectivity index (χ1v) is 9.75. The number of carbonyl (C=O) groups is 1. The molecule has 1 saturated heterocycles. The zero-order valence-corrected chi connectivity index (χ0v) is 15.7. The molecule has 1 amide bonds. The van der Waals surface area contributed by atoms with Crippen LogP contribution in [0, 0.1) is 5.82 Å². The normalized spacial score (nSPS) is 14.2. The Labute approximate surface area is 157 Å². The molecule has 1 N–H and O–H groups in total. The lowest BCUT2D eigenvalue weighted by molar-refractivity contribution is -0.113. The van der Waals surface area contributed by atoms with Gasteiger partial charge in [0, 0.05) is 18.0 Å². The number of rotatable bonds is 6. The molecule has 0 aromatic heterocycles. The Bertz CT molecular complexity index is 746. The standard InChI is InChI=1S/C20H23FN2O2S/c1-25-16-6-8-17(9-7-16)26-14-20(24)22-18-13-15(21)5-10-19(18)23-11-3-2-4-12-23/h5-10,13H,2-4,11-12,14H2,1H3,(H,22,24). The van der Waals surface area contributed by atoms with Crippen LogP contribution in [-0.2, 0) is 4.79 Å². The van der Waals surface area contributed by atoms with Gasteiger partial charge < -0.3 is 15.0 Å². The second-order valence-corrected chi connectivity index (χ2v) is 7.27. The topological polar surface area (TPSA) is 41.6 Å². The Kier molecular flexibility index (Phi) is 6.39. The highest BCUT2D eigenvalue weighted by molar-refractivity contribution is 8.00. The lowest BCUT2D eigenvalue weighted by Gasteiger charge is -2.30. The van der Waals surface area contributed by atoms with E-state index in [0.29, 0.717) is 5.69 Å². The molecule has 0 atom stereocenters. The van der Waals surface area contributed by atoms with Crippen molar-refractivity contribution in [3.8, 4) is 5.75 Å². The highest BCUT2D eigenvalue weighted by atomic mass is 32.2. The maximum absolute atomic E-state index is 13.7. The summed E-state index contributed by atoms with van der Waals surface area (Å²) in [5.41, 5.74) is 1.45. The van der Waals surface area contributed by atoms with Gasteiger partial charge in [0.1, 0.15) is 11.6 Å². The molecule has 0 unspecified atom stereocenters. The van der Waals surface area contributed by atoms with Crippen LogP contribution in [0.5, 0.6) is 5.75 Å². The van der Waals surface area contributed by atoms with E-state index in [1.165, 1.54) is 30.3 Å². The van der Waals surface area contributed by atoms with E-state index >= 15 is 0 Å². The van der Waals surface area contributed by atoms with Gasteiger partial charge in [-0.3, -0.25) is 4.79 Å². The minimum atomic E-state index is -0.344. The number of nitrogens with zero attached hydrogens (tertiary/aromatic N) is 1. The van der Waals surface area contributed by atoms with Crippen molar-refractivity contribution in [3.63, 3.8) is 0 Å². The van der Waals surface area contributed by atoms with Crippen molar-refractivity contribution < 1.29 is 13.9 Å². The van der Waals surface area contributed by atoms with Crippen LogP contribution in [0.3, 0.4) is 0 Å². The molecule has 1 heterocycles. The summed E-state index contributed by atoms with van der Waals surface area (Å²) in [7, 11) is 1.62. The molecule has 1 aliphatic heterocycles. The smallest absolute Gasteiger partial charge is 0.234 e. The van der Waals surface area contributed by atoms with Crippen LogP contribution in [0.2, 0.25) is 0 Å². The van der Waals surface area contributed by atoms with E-state index in [1.807, 2.05) is 24.3 Å². The Hall–Kier alpha value is -2.21. The molecular formula is C20H23FN2O2S. The molecular weight excluding hydrogens is 351 g/mol. The Morgan fingerprint density at radius 1 is 1.15 bits per heavy atom. The zero-order valence-electron chi connectivity index (χ0n) is 14.8. The van der Waals surface area contributed by atoms with E-state index in [1.54, 1.807) is 13.2 Å². The SMILES string of the molecule is COc1ccc(SCC(=O)Nc2cc(F)ccc2N2CCCCC2)cc1. The van der Waals surface area contributed by atoms with Crippen LogP contribution in [0.15, 0.2) is 47.4 Å². The van der Waals surface area contributed by atoms with Crippen molar-refractivity contribution in [2.45, 2.75) is 24.2 Å². The molecule has 3 rings (SSSR count). The minimum Gasteiger partial charge on any atom is -0.497 e. The number of anilines is 2. The van der Waals surface area contributed by atoms with Gasteiger partial charge in [-0.05, 0) is 61.7 Å². The van der Waals surface area contributed by atoms with Crippen molar-refractivity contribution >= 4 is 29.0 Å². The summed E-state index contributed by atoms with van der Waals surface area (Å²) in [5, 5.41) is 2.88. The summed E-state index contributed by atoms with van der Waals surface area (Å²) < 4.78 is 18.8. The van der Waals surface area contributed by atoms with Gasteiger partial charge in [0.2, 0.25) is 5.91 Å². The fourth-order valence-corrected chi connectivity index (χ4v) is 3.72. The maximum atomic E-state index is 13.7. The molecule has 138 valence electrons. The molecule has 2 aromatic rings. The summed E-state index contributed by atoms with van der Waals surface area (Å²) in [6.07, 6.45) is 3.47. The van der Waals surface area contributed by atoms with Gasteiger partial charge in [0.15, 0.2) is 0 Å². The number of hydrogen-bond donors (Lipinski definition) is 1. The molecule has 0 spiro atoms. The van der Waals surface area contributed by atoms with Crippen LogP contribution in [-0.4, -0.2) is 31.9 Å². The van der Waals surface area contributed by atoms with E-state index in [9.17, 15) is 9.18 Å². The number of amides is 1. The second kappa shape index (κ2) is 8.94. The maximum Gasteiger partial charge on any atom is 0.234 e. The average Bonchev–Trinajstić information content (AvgIpc) is 2.67. The third-order valence-electron chi connectivity index (χ3n) is 4.36. The number of carbonyl (C=O) groups excluding carboxylic acids is 1. The third-order valence-corrected chi connectivity index (χ3v) is 5.37. The van der Waals surface area contributed by atoms with E-state index in [4.69, 9.17) is 4.74 Å². The number of piperidine rings is 1. The minimum absolute atomic E-state index is 0.144. The quantitative estimate of drug-likeness (QED) is 0.753. The van der Waals surface area contributed by atoms with Crippen LogP contribution < -0.4 is 15.0 Å². The number of nitrogens with one attached hydrogen (secondary N) is 1. The predicted octanol–water partition coefficient (Wildman–Crippen LogP) is 4.56. The third kappa shape index (κ3) is 4.91. The number of benzene rings is 2. The number of hydrogen-bond acceptors (Lipinski definition) is 4. The van der Waals surface area contributed by atoms with E-state index in [-0.39, 0.29) is 17.5 Å². The van der Waals surface area contributed by atoms with Gasteiger partial charge in [-0.1, -0.05) is 0 Å². The Morgan fingerprint density at radius 2 is 1.88 bits per heavy atom. The van der Waals surface area contributed by atoms with Crippen molar-refractivity contribution in [1.82, 2.24) is 0 Å². The lowest BCUT2D eigenvalue weighted by Crippen LogP contribution is -2.30. The zero-order chi connectivity index (χ0) is 18.4. The van der Waals surface area contributed by atoms with Gasteiger partial charge >= 0.3 is 0 Å². The predicted molar refractivity (Wildman–Crippen MR) is 105 cm³/mol. The molecule has 6 heteroatoms. The number of ether oxygens (including phenoxy) is 1.